The van der Waals surface area contributed by atoms with E-state index in [9.17, 15) is 18.0 Å². The Bertz CT molecular complexity index is 551. The number of carbonyl (C=O) groups excluding carboxylic acids is 1. The molecule has 0 aromatic heterocycles. The van der Waals surface area contributed by atoms with Crippen LogP contribution in [-0.2, 0) is 17.5 Å². The minimum Gasteiger partial charge on any atom is -0.448 e. The molecule has 0 unspecified atom stereocenters. The Balaban J connectivity index is 1.51. The molecule has 0 saturated carbocycles. The molecule has 2 aliphatic heterocycles. The molecule has 0 atom stereocenters. The summed E-state index contributed by atoms with van der Waals surface area (Å²) in [5.74, 6) is 0. The molecule has 3 rings (SSSR count). The molecule has 0 aliphatic carbocycles. The van der Waals surface area contributed by atoms with Gasteiger partial charge in [-0.25, -0.2) is 4.79 Å². The first-order valence-corrected chi connectivity index (χ1v) is 7.75. The third-order valence-electron chi connectivity index (χ3n) is 4.48. The van der Waals surface area contributed by atoms with Gasteiger partial charge in [-0.3, -0.25) is 4.90 Å². The summed E-state index contributed by atoms with van der Waals surface area (Å²) in [4.78, 5) is 15.6. The summed E-state index contributed by atoms with van der Waals surface area (Å²) in [6.45, 7) is 3.41. The van der Waals surface area contributed by atoms with Gasteiger partial charge >= 0.3 is 12.3 Å². The second-order valence-electron chi connectivity index (χ2n) is 6.01. The molecule has 1 aromatic carbocycles. The van der Waals surface area contributed by atoms with Crippen molar-refractivity contribution in [2.75, 3.05) is 26.2 Å². The number of hydrogen-bond donors (Lipinski definition) is 0. The number of piperidine rings is 1. The summed E-state index contributed by atoms with van der Waals surface area (Å²) >= 11 is 0. The van der Waals surface area contributed by atoms with Gasteiger partial charge in [0, 0.05) is 25.7 Å². The fourth-order valence-electron chi connectivity index (χ4n) is 3.18. The number of ether oxygens (including phenoxy) is 1. The molecule has 126 valence electrons. The van der Waals surface area contributed by atoms with Crippen molar-refractivity contribution in [3.05, 3.63) is 35.4 Å². The van der Waals surface area contributed by atoms with Crippen LogP contribution in [-0.4, -0.2) is 48.2 Å². The lowest BCUT2D eigenvalue weighted by Crippen LogP contribution is -2.45. The molecular weight excluding hydrogens is 309 g/mol. The van der Waals surface area contributed by atoms with Crippen LogP contribution in [0.5, 0.6) is 0 Å². The maximum absolute atomic E-state index is 12.5. The van der Waals surface area contributed by atoms with E-state index < -0.39 is 11.7 Å². The highest BCUT2D eigenvalue weighted by Crippen LogP contribution is 2.29. The highest BCUT2D eigenvalue weighted by atomic mass is 19.4. The maximum Gasteiger partial charge on any atom is 0.416 e. The zero-order chi connectivity index (χ0) is 16.4. The predicted octanol–water partition coefficient (Wildman–Crippen LogP) is 3.12. The lowest BCUT2D eigenvalue weighted by molar-refractivity contribution is -0.137. The summed E-state index contributed by atoms with van der Waals surface area (Å²) in [6, 6.07) is 5.54. The smallest absolute Gasteiger partial charge is 0.416 e. The van der Waals surface area contributed by atoms with Crippen LogP contribution >= 0.6 is 0 Å². The van der Waals surface area contributed by atoms with Gasteiger partial charge in [0.2, 0.25) is 0 Å². The van der Waals surface area contributed by atoms with Crippen LogP contribution in [0.25, 0.3) is 0 Å². The Morgan fingerprint density at radius 3 is 2.26 bits per heavy atom. The monoisotopic (exact) mass is 328 g/mol. The Labute approximate surface area is 132 Å². The number of nitrogens with zero attached hydrogens (tertiary/aromatic N) is 2. The van der Waals surface area contributed by atoms with E-state index in [0.29, 0.717) is 19.7 Å². The molecule has 23 heavy (non-hydrogen) atoms. The van der Waals surface area contributed by atoms with Crippen molar-refractivity contribution in [1.29, 1.82) is 0 Å². The second-order valence-corrected chi connectivity index (χ2v) is 6.01. The Morgan fingerprint density at radius 1 is 1.09 bits per heavy atom. The zero-order valence-electron chi connectivity index (χ0n) is 12.7. The summed E-state index contributed by atoms with van der Waals surface area (Å²) < 4.78 is 42.6. The van der Waals surface area contributed by atoms with Crippen molar-refractivity contribution in [3.8, 4) is 0 Å². The van der Waals surface area contributed by atoms with Crippen molar-refractivity contribution in [2.45, 2.75) is 31.6 Å². The first kappa shape index (κ1) is 16.1. The van der Waals surface area contributed by atoms with Gasteiger partial charge in [-0.15, -0.1) is 0 Å². The molecule has 0 radical (unpaired) electrons. The van der Waals surface area contributed by atoms with E-state index in [0.717, 1.165) is 43.6 Å². The average Bonchev–Trinajstić information content (AvgIpc) is 2.94. The lowest BCUT2D eigenvalue weighted by atomic mass is 10.0. The van der Waals surface area contributed by atoms with Crippen LogP contribution in [0.2, 0.25) is 0 Å². The Hall–Kier alpha value is -1.76. The van der Waals surface area contributed by atoms with Crippen LogP contribution in [0.15, 0.2) is 24.3 Å². The van der Waals surface area contributed by atoms with Gasteiger partial charge < -0.3 is 9.64 Å². The van der Waals surface area contributed by atoms with Gasteiger partial charge in [0.1, 0.15) is 6.61 Å². The van der Waals surface area contributed by atoms with E-state index in [-0.39, 0.29) is 12.1 Å². The van der Waals surface area contributed by atoms with Crippen molar-refractivity contribution in [3.63, 3.8) is 0 Å². The third-order valence-corrected chi connectivity index (χ3v) is 4.48. The quantitative estimate of drug-likeness (QED) is 0.855. The summed E-state index contributed by atoms with van der Waals surface area (Å²) in [5.41, 5.74) is 0.254. The molecule has 7 heteroatoms. The van der Waals surface area contributed by atoms with E-state index in [4.69, 9.17) is 4.74 Å². The first-order valence-electron chi connectivity index (χ1n) is 7.75. The Kier molecular flexibility index (Phi) is 4.48. The summed E-state index contributed by atoms with van der Waals surface area (Å²) in [7, 11) is 0. The number of carbonyl (C=O) groups is 1. The third kappa shape index (κ3) is 3.77. The van der Waals surface area contributed by atoms with Crippen LogP contribution in [0, 0.1) is 0 Å². The Morgan fingerprint density at radius 2 is 1.74 bits per heavy atom. The van der Waals surface area contributed by atoms with Crippen molar-refractivity contribution >= 4 is 6.09 Å². The van der Waals surface area contributed by atoms with Gasteiger partial charge in [-0.1, -0.05) is 12.1 Å². The molecule has 2 heterocycles. The van der Waals surface area contributed by atoms with Gasteiger partial charge in [-0.05, 0) is 30.5 Å². The normalized spacial score (nSPS) is 20.8. The molecule has 0 spiro atoms. The second kappa shape index (κ2) is 6.39. The van der Waals surface area contributed by atoms with Crippen LogP contribution in [0.3, 0.4) is 0 Å². The number of rotatable bonds is 3. The van der Waals surface area contributed by atoms with Crippen LogP contribution in [0.4, 0.5) is 18.0 Å². The lowest BCUT2D eigenvalue weighted by Gasteiger charge is -2.35. The van der Waals surface area contributed by atoms with Crippen molar-refractivity contribution in [1.82, 2.24) is 9.80 Å². The predicted molar refractivity (Wildman–Crippen MR) is 77.8 cm³/mol. The van der Waals surface area contributed by atoms with Crippen molar-refractivity contribution in [2.24, 2.45) is 0 Å². The molecular formula is C16H19F3N2O2. The number of halogens is 3. The topological polar surface area (TPSA) is 32.8 Å². The molecule has 1 aromatic rings. The first-order chi connectivity index (χ1) is 10.9. The van der Waals surface area contributed by atoms with Crippen molar-refractivity contribution < 1.29 is 22.7 Å². The van der Waals surface area contributed by atoms with Crippen LogP contribution in [0.1, 0.15) is 24.0 Å². The molecule has 2 aliphatic rings. The molecule has 2 fully saturated rings. The molecule has 2 saturated heterocycles. The minimum atomic E-state index is -4.29. The maximum atomic E-state index is 12.5. The number of likely N-dealkylation sites (tertiary alicyclic amines) is 1. The average molecular weight is 328 g/mol. The standard InChI is InChI=1S/C16H19F3N2O2/c17-16(18,19)13-3-1-12(2-4-13)11-20-7-5-14(6-8-20)21-9-10-23-15(21)22/h1-4,14H,5-11H2. The van der Waals surface area contributed by atoms with E-state index in [1.54, 1.807) is 4.90 Å². The highest BCUT2D eigenvalue weighted by Gasteiger charge is 2.32. The van der Waals surface area contributed by atoms with Gasteiger partial charge in [-0.2, -0.15) is 13.2 Å². The molecule has 1 amide bonds. The SMILES string of the molecule is O=C1OCCN1C1CCN(Cc2ccc(C(F)(F)F)cc2)CC1. The zero-order valence-corrected chi connectivity index (χ0v) is 12.7. The highest BCUT2D eigenvalue weighted by molar-refractivity contribution is 5.69. The minimum absolute atomic E-state index is 0.217. The van der Waals surface area contributed by atoms with Gasteiger partial charge in [0.25, 0.3) is 0 Å². The molecule has 0 N–H and O–H groups in total. The van der Waals surface area contributed by atoms with Gasteiger partial charge in [0.15, 0.2) is 0 Å². The fraction of sp³-hybridized carbons (Fsp3) is 0.562. The van der Waals surface area contributed by atoms with Crippen LogP contribution < -0.4 is 0 Å². The molecule has 0 bridgehead atoms. The van der Waals surface area contributed by atoms with E-state index >= 15 is 0 Å². The van der Waals surface area contributed by atoms with E-state index in [2.05, 4.69) is 4.90 Å². The number of hydrogen-bond acceptors (Lipinski definition) is 3. The summed E-state index contributed by atoms with van der Waals surface area (Å²) in [6.07, 6.45) is -2.78. The van der Waals surface area contributed by atoms with Gasteiger partial charge in [0.05, 0.1) is 12.1 Å². The largest absolute Gasteiger partial charge is 0.448 e. The molecule has 4 nitrogen and oxygen atoms in total. The van der Waals surface area contributed by atoms with E-state index in [1.165, 1.54) is 12.1 Å². The fourth-order valence-corrected chi connectivity index (χ4v) is 3.18. The number of alkyl halides is 3. The van der Waals surface area contributed by atoms with E-state index in [1.807, 2.05) is 0 Å². The number of cyclic esters (lactones) is 1. The number of benzene rings is 1. The summed E-state index contributed by atoms with van der Waals surface area (Å²) in [5, 5.41) is 0. The number of amides is 1.